The molecule has 2 saturated heterocycles. The van der Waals surface area contributed by atoms with E-state index in [1.54, 1.807) is 48.5 Å². The average molecular weight is 512 g/mol. The van der Waals surface area contributed by atoms with Gasteiger partial charge in [0.05, 0.1) is 24.0 Å². The van der Waals surface area contributed by atoms with Crippen LogP contribution in [0.15, 0.2) is 78.9 Å². The third-order valence-corrected chi connectivity index (χ3v) is 6.15. The highest BCUT2D eigenvalue weighted by Crippen LogP contribution is 2.48. The Morgan fingerprint density at radius 3 is 2.11 bits per heavy atom. The maximum Gasteiger partial charge on any atom is 0.573 e. The van der Waals surface area contributed by atoms with Crippen molar-refractivity contribution < 1.29 is 37.1 Å². The summed E-state index contributed by atoms with van der Waals surface area (Å²) in [6.45, 7) is 2.53. The van der Waals surface area contributed by atoms with Crippen LogP contribution in [0, 0.1) is 5.92 Å². The first-order chi connectivity index (χ1) is 17.8. The van der Waals surface area contributed by atoms with Crippen LogP contribution in [0.3, 0.4) is 0 Å². The summed E-state index contributed by atoms with van der Waals surface area (Å²) in [5.41, 5.74) is 1.48. The number of halogens is 3. The molecule has 5 rings (SSSR count). The van der Waals surface area contributed by atoms with Crippen LogP contribution in [0.25, 0.3) is 0 Å². The smallest absolute Gasteiger partial charge is 0.494 e. The van der Waals surface area contributed by atoms with Crippen molar-refractivity contribution in [2.24, 2.45) is 5.92 Å². The van der Waals surface area contributed by atoms with Gasteiger partial charge in [-0.3, -0.25) is 14.4 Å². The number of amides is 2. The van der Waals surface area contributed by atoms with Gasteiger partial charge in [-0.2, -0.15) is 0 Å². The van der Waals surface area contributed by atoms with Crippen molar-refractivity contribution in [2.45, 2.75) is 31.9 Å². The number of alkyl halides is 3. The standard InChI is InChI=1S/C27H23F3N2O5/c1-2-16-35-20-14-10-18(11-15-20)31-25(33)22-23(17-8-12-21(13-9-17)36-27(28,29)30)32(37-24(22)26(31)34)19-6-4-3-5-7-19/h3-15,22-24H,2,16H2,1H3/t22-,23-,24+/m0/s1. The summed E-state index contributed by atoms with van der Waals surface area (Å²) in [6.07, 6.45) is -5.08. The Hall–Kier alpha value is -4.05. The van der Waals surface area contributed by atoms with Crippen molar-refractivity contribution in [1.29, 1.82) is 0 Å². The lowest BCUT2D eigenvalue weighted by Crippen LogP contribution is -2.37. The predicted octanol–water partition coefficient (Wildman–Crippen LogP) is 5.43. The third kappa shape index (κ3) is 4.84. The molecular weight excluding hydrogens is 489 g/mol. The lowest BCUT2D eigenvalue weighted by Gasteiger charge is -2.29. The van der Waals surface area contributed by atoms with E-state index in [0.29, 0.717) is 29.3 Å². The number of para-hydroxylation sites is 1. The first-order valence-corrected chi connectivity index (χ1v) is 11.7. The van der Waals surface area contributed by atoms with Gasteiger partial charge in [0.1, 0.15) is 17.4 Å². The van der Waals surface area contributed by atoms with E-state index in [0.717, 1.165) is 11.3 Å². The number of anilines is 2. The largest absolute Gasteiger partial charge is 0.573 e. The molecule has 2 aliphatic rings. The number of hydrogen-bond donors (Lipinski definition) is 0. The minimum absolute atomic E-state index is 0.385. The molecule has 0 bridgehead atoms. The number of carbonyl (C=O) groups is 2. The van der Waals surface area contributed by atoms with Gasteiger partial charge in [0, 0.05) is 0 Å². The first kappa shape index (κ1) is 24.6. The Kier molecular flexibility index (Phi) is 6.51. The number of fused-ring (bicyclic) bond motifs is 1. The highest BCUT2D eigenvalue weighted by Gasteiger charge is 2.60. The molecule has 3 aromatic carbocycles. The summed E-state index contributed by atoms with van der Waals surface area (Å²) < 4.78 is 47.5. The summed E-state index contributed by atoms with van der Waals surface area (Å²) >= 11 is 0. The number of hydroxylamine groups is 1. The highest BCUT2D eigenvalue weighted by molar-refractivity contribution is 6.23. The number of rotatable bonds is 7. The molecule has 3 aromatic rings. The summed E-state index contributed by atoms with van der Waals surface area (Å²) in [5.74, 6) is -1.67. The molecule has 10 heteroatoms. The molecule has 37 heavy (non-hydrogen) atoms. The Morgan fingerprint density at radius 2 is 1.49 bits per heavy atom. The van der Waals surface area contributed by atoms with Crippen LogP contribution in [-0.2, 0) is 14.4 Å². The second kappa shape index (κ2) is 9.78. The molecule has 0 aromatic heterocycles. The maximum atomic E-state index is 13.7. The number of imide groups is 1. The summed E-state index contributed by atoms with van der Waals surface area (Å²) in [6, 6.07) is 20.0. The van der Waals surface area contributed by atoms with Crippen LogP contribution < -0.4 is 19.4 Å². The normalized spacial score (nSPS) is 21.4. The van der Waals surface area contributed by atoms with Crippen molar-refractivity contribution in [1.82, 2.24) is 0 Å². The molecule has 0 aliphatic carbocycles. The van der Waals surface area contributed by atoms with Gasteiger partial charge >= 0.3 is 6.36 Å². The summed E-state index contributed by atoms with van der Waals surface area (Å²) in [7, 11) is 0. The van der Waals surface area contributed by atoms with Crippen molar-refractivity contribution in [2.75, 3.05) is 16.6 Å². The number of hydrogen-bond acceptors (Lipinski definition) is 6. The predicted molar refractivity (Wildman–Crippen MR) is 128 cm³/mol. The van der Waals surface area contributed by atoms with E-state index in [2.05, 4.69) is 4.74 Å². The third-order valence-electron chi connectivity index (χ3n) is 6.15. The van der Waals surface area contributed by atoms with Crippen LogP contribution >= 0.6 is 0 Å². The molecule has 2 amide bonds. The SMILES string of the molecule is CCCOc1ccc(N2C(=O)[C@@H]3[C@@H](ON(c4ccccc4)[C@H]3c3ccc(OC(F)(F)F)cc3)C2=O)cc1. The molecule has 3 atom stereocenters. The molecule has 192 valence electrons. The van der Waals surface area contributed by atoms with Gasteiger partial charge < -0.3 is 9.47 Å². The van der Waals surface area contributed by atoms with Gasteiger partial charge in [-0.25, -0.2) is 9.96 Å². The molecule has 0 spiro atoms. The van der Waals surface area contributed by atoms with Crippen molar-refractivity contribution in [3.63, 3.8) is 0 Å². The second-order valence-corrected chi connectivity index (χ2v) is 8.63. The molecule has 2 fully saturated rings. The fourth-order valence-corrected chi connectivity index (χ4v) is 4.58. The van der Waals surface area contributed by atoms with Gasteiger partial charge in [0.2, 0.25) is 5.91 Å². The Morgan fingerprint density at radius 1 is 0.838 bits per heavy atom. The number of nitrogens with zero attached hydrogens (tertiary/aromatic N) is 2. The van der Waals surface area contributed by atoms with Crippen LogP contribution in [0.1, 0.15) is 24.9 Å². The lowest BCUT2D eigenvalue weighted by atomic mass is 9.90. The average Bonchev–Trinajstić information content (AvgIpc) is 3.39. The quantitative estimate of drug-likeness (QED) is 0.394. The minimum Gasteiger partial charge on any atom is -0.494 e. The molecule has 2 aliphatic heterocycles. The van der Waals surface area contributed by atoms with E-state index in [4.69, 9.17) is 9.57 Å². The zero-order valence-electron chi connectivity index (χ0n) is 19.7. The van der Waals surface area contributed by atoms with E-state index in [1.165, 1.54) is 29.3 Å². The first-order valence-electron chi connectivity index (χ1n) is 11.7. The maximum absolute atomic E-state index is 13.7. The van der Waals surface area contributed by atoms with Crippen LogP contribution in [0.2, 0.25) is 0 Å². The Bertz CT molecular complexity index is 1270. The van der Waals surface area contributed by atoms with Crippen LogP contribution in [0.4, 0.5) is 24.5 Å². The molecule has 0 unspecified atom stereocenters. The van der Waals surface area contributed by atoms with E-state index < -0.39 is 36.2 Å². The lowest BCUT2D eigenvalue weighted by molar-refractivity contribution is -0.274. The van der Waals surface area contributed by atoms with Crippen LogP contribution in [-0.4, -0.2) is 30.9 Å². The van der Waals surface area contributed by atoms with Crippen molar-refractivity contribution in [3.05, 3.63) is 84.4 Å². The van der Waals surface area contributed by atoms with Gasteiger partial charge in [-0.15, -0.1) is 13.2 Å². The van der Waals surface area contributed by atoms with Gasteiger partial charge in [0.15, 0.2) is 6.10 Å². The monoisotopic (exact) mass is 512 g/mol. The number of ether oxygens (including phenoxy) is 2. The van der Waals surface area contributed by atoms with E-state index in [-0.39, 0.29) is 5.75 Å². The van der Waals surface area contributed by atoms with Crippen molar-refractivity contribution in [3.8, 4) is 11.5 Å². The van der Waals surface area contributed by atoms with Gasteiger partial charge in [0.25, 0.3) is 5.91 Å². The van der Waals surface area contributed by atoms with E-state index >= 15 is 0 Å². The summed E-state index contributed by atoms with van der Waals surface area (Å²) in [4.78, 5) is 34.2. The highest BCUT2D eigenvalue weighted by atomic mass is 19.4. The van der Waals surface area contributed by atoms with Crippen molar-refractivity contribution >= 4 is 23.2 Å². The number of benzene rings is 3. The molecule has 0 radical (unpaired) electrons. The topological polar surface area (TPSA) is 68.3 Å². The Labute approximate surface area is 210 Å². The molecule has 0 N–H and O–H groups in total. The van der Waals surface area contributed by atoms with Gasteiger partial charge in [-0.1, -0.05) is 37.3 Å². The number of carbonyl (C=O) groups excluding carboxylic acids is 2. The van der Waals surface area contributed by atoms with Crippen LogP contribution in [0.5, 0.6) is 11.5 Å². The zero-order chi connectivity index (χ0) is 26.2. The second-order valence-electron chi connectivity index (χ2n) is 8.63. The minimum atomic E-state index is -4.83. The van der Waals surface area contributed by atoms with E-state index in [1.807, 2.05) is 13.0 Å². The van der Waals surface area contributed by atoms with Gasteiger partial charge in [-0.05, 0) is 60.5 Å². The fraction of sp³-hybridized carbons (Fsp3) is 0.259. The molecule has 2 heterocycles. The fourth-order valence-electron chi connectivity index (χ4n) is 4.58. The van der Waals surface area contributed by atoms with E-state index in [9.17, 15) is 22.8 Å². The summed E-state index contributed by atoms with van der Waals surface area (Å²) in [5, 5.41) is 1.48. The zero-order valence-corrected chi connectivity index (χ0v) is 19.7. The molecular formula is C27H23F3N2O5. The Balaban J connectivity index is 1.47. The molecule has 7 nitrogen and oxygen atoms in total. The molecule has 0 saturated carbocycles.